The van der Waals surface area contributed by atoms with E-state index in [1.54, 1.807) is 6.20 Å². The first kappa shape index (κ1) is 15.9. The molecule has 0 aliphatic heterocycles. The van der Waals surface area contributed by atoms with Crippen LogP contribution in [0.2, 0.25) is 0 Å². The molecule has 0 atom stereocenters. The van der Waals surface area contributed by atoms with Gasteiger partial charge < -0.3 is 4.98 Å². The van der Waals surface area contributed by atoms with Gasteiger partial charge in [-0.3, -0.25) is 4.79 Å². The second kappa shape index (κ2) is 7.09. The maximum absolute atomic E-state index is 12.8. The number of carbonyl (C=O) groups excluding carboxylic acids is 1. The molecule has 0 radical (unpaired) electrons. The summed E-state index contributed by atoms with van der Waals surface area (Å²) in [5, 5.41) is 3.63. The molecule has 2 aromatic heterocycles. The highest BCUT2D eigenvalue weighted by Crippen LogP contribution is 2.29. The van der Waals surface area contributed by atoms with Crippen molar-refractivity contribution in [2.24, 2.45) is 0 Å². The third-order valence-corrected chi connectivity index (χ3v) is 5.10. The molecule has 0 aliphatic carbocycles. The van der Waals surface area contributed by atoms with Gasteiger partial charge in [-0.15, -0.1) is 11.3 Å². The Morgan fingerprint density at radius 3 is 2.70 bits per heavy atom. The smallest absolute Gasteiger partial charge is 0.223 e. The number of carbonyl (C=O) groups is 1. The lowest BCUT2D eigenvalue weighted by molar-refractivity contribution is 0.103. The summed E-state index contributed by atoms with van der Waals surface area (Å²) in [6.07, 6.45) is 6.36. The normalized spacial score (nSPS) is 11.4. The molecule has 4 heteroatoms. The first-order valence-electron chi connectivity index (χ1n) is 8.30. The van der Waals surface area contributed by atoms with Gasteiger partial charge in [-0.1, -0.05) is 44.9 Å². The van der Waals surface area contributed by atoms with Crippen LogP contribution in [0.25, 0.3) is 10.9 Å². The van der Waals surface area contributed by atoms with E-state index < -0.39 is 0 Å². The minimum absolute atomic E-state index is 0.0189. The topological polar surface area (TPSA) is 45.8 Å². The van der Waals surface area contributed by atoms with Gasteiger partial charge in [0.05, 0.1) is 11.3 Å². The quantitative estimate of drug-likeness (QED) is 0.579. The molecule has 2 heterocycles. The second-order valence-electron chi connectivity index (χ2n) is 5.93. The predicted molar refractivity (Wildman–Crippen MR) is 96.4 cm³/mol. The highest BCUT2D eigenvalue weighted by molar-refractivity contribution is 7.12. The standard InChI is InChI=1S/C19H22N2OS/c1-3-7-13(8-4-2)17-12-23-19(21-17)18(22)15-11-20-16-10-6-5-9-14(15)16/h5-6,9-13,20H,3-4,7-8H2,1-2H3. The number of fused-ring (bicyclic) bond motifs is 1. The molecule has 120 valence electrons. The Morgan fingerprint density at radius 1 is 1.22 bits per heavy atom. The molecule has 3 nitrogen and oxygen atoms in total. The average Bonchev–Trinajstić information content (AvgIpc) is 3.21. The summed E-state index contributed by atoms with van der Waals surface area (Å²) in [7, 11) is 0. The first-order valence-corrected chi connectivity index (χ1v) is 9.18. The molecule has 3 rings (SSSR count). The number of nitrogens with one attached hydrogen (secondary N) is 1. The minimum Gasteiger partial charge on any atom is -0.360 e. The fraction of sp³-hybridized carbons (Fsp3) is 0.368. The number of hydrogen-bond donors (Lipinski definition) is 1. The summed E-state index contributed by atoms with van der Waals surface area (Å²) in [6, 6.07) is 7.88. The highest BCUT2D eigenvalue weighted by atomic mass is 32.1. The molecule has 0 aliphatic rings. The molecule has 0 unspecified atom stereocenters. The van der Waals surface area contributed by atoms with Crippen LogP contribution in [0.5, 0.6) is 0 Å². The number of hydrogen-bond acceptors (Lipinski definition) is 3. The number of rotatable bonds is 7. The van der Waals surface area contributed by atoms with Crippen molar-refractivity contribution in [1.82, 2.24) is 9.97 Å². The van der Waals surface area contributed by atoms with Gasteiger partial charge in [0, 0.05) is 28.4 Å². The van der Waals surface area contributed by atoms with Crippen molar-refractivity contribution in [3.8, 4) is 0 Å². The Morgan fingerprint density at radius 2 is 1.96 bits per heavy atom. The first-order chi connectivity index (χ1) is 11.2. The van der Waals surface area contributed by atoms with E-state index in [4.69, 9.17) is 0 Å². The van der Waals surface area contributed by atoms with Crippen molar-refractivity contribution in [3.05, 3.63) is 52.1 Å². The van der Waals surface area contributed by atoms with Crippen molar-refractivity contribution in [2.75, 3.05) is 0 Å². The van der Waals surface area contributed by atoms with E-state index in [-0.39, 0.29) is 5.78 Å². The number of aromatic amines is 1. The van der Waals surface area contributed by atoms with Crippen LogP contribution in [0.4, 0.5) is 0 Å². The highest BCUT2D eigenvalue weighted by Gasteiger charge is 2.20. The SMILES string of the molecule is CCCC(CCC)c1csc(C(=O)c2c[nH]c3ccccc23)n1. The minimum atomic E-state index is 0.0189. The molecule has 1 N–H and O–H groups in total. The molecular weight excluding hydrogens is 304 g/mol. The van der Waals surface area contributed by atoms with Gasteiger partial charge in [0.15, 0.2) is 5.01 Å². The van der Waals surface area contributed by atoms with Crippen molar-refractivity contribution in [3.63, 3.8) is 0 Å². The largest absolute Gasteiger partial charge is 0.360 e. The van der Waals surface area contributed by atoms with E-state index in [1.807, 2.05) is 24.3 Å². The number of nitrogens with zero attached hydrogens (tertiary/aromatic N) is 1. The van der Waals surface area contributed by atoms with E-state index in [0.717, 1.165) is 42.3 Å². The molecule has 0 fully saturated rings. The molecule has 0 bridgehead atoms. The zero-order valence-corrected chi connectivity index (χ0v) is 14.5. The van der Waals surface area contributed by atoms with E-state index >= 15 is 0 Å². The second-order valence-corrected chi connectivity index (χ2v) is 6.79. The molecule has 0 saturated carbocycles. The van der Waals surface area contributed by atoms with Crippen molar-refractivity contribution in [2.45, 2.75) is 45.4 Å². The van der Waals surface area contributed by atoms with Crippen LogP contribution in [0.1, 0.15) is 66.5 Å². The van der Waals surface area contributed by atoms with Crippen LogP contribution < -0.4 is 0 Å². The van der Waals surface area contributed by atoms with E-state index in [1.165, 1.54) is 11.3 Å². The van der Waals surface area contributed by atoms with E-state index in [9.17, 15) is 4.79 Å². The van der Waals surface area contributed by atoms with Crippen LogP contribution in [-0.2, 0) is 0 Å². The number of ketones is 1. The lowest BCUT2D eigenvalue weighted by Gasteiger charge is -2.11. The average molecular weight is 326 g/mol. The number of H-pyrrole nitrogens is 1. The van der Waals surface area contributed by atoms with Gasteiger partial charge in [0.25, 0.3) is 0 Å². The third-order valence-electron chi connectivity index (χ3n) is 4.24. The van der Waals surface area contributed by atoms with Gasteiger partial charge in [0.1, 0.15) is 0 Å². The lowest BCUT2D eigenvalue weighted by Crippen LogP contribution is -2.03. The van der Waals surface area contributed by atoms with Gasteiger partial charge in [-0.25, -0.2) is 4.98 Å². The van der Waals surface area contributed by atoms with Gasteiger partial charge in [-0.2, -0.15) is 0 Å². The maximum Gasteiger partial charge on any atom is 0.223 e. The van der Waals surface area contributed by atoms with Crippen LogP contribution in [0.15, 0.2) is 35.8 Å². The van der Waals surface area contributed by atoms with Crippen LogP contribution in [0, 0.1) is 0 Å². The number of benzene rings is 1. The summed E-state index contributed by atoms with van der Waals surface area (Å²) in [5.74, 6) is 0.496. The molecular formula is C19H22N2OS. The third kappa shape index (κ3) is 3.22. The molecule has 23 heavy (non-hydrogen) atoms. The maximum atomic E-state index is 12.8. The monoisotopic (exact) mass is 326 g/mol. The Balaban J connectivity index is 1.89. The zero-order chi connectivity index (χ0) is 16.2. The summed E-state index contributed by atoms with van der Waals surface area (Å²) in [6.45, 7) is 4.40. The Bertz CT molecular complexity index is 796. The number of aromatic nitrogens is 2. The van der Waals surface area contributed by atoms with Crippen LogP contribution in [0.3, 0.4) is 0 Å². The molecule has 1 aromatic carbocycles. The predicted octanol–water partition coefficient (Wildman–Crippen LogP) is 5.54. The van der Waals surface area contributed by atoms with Crippen molar-refractivity contribution >= 4 is 28.0 Å². The van der Waals surface area contributed by atoms with Crippen LogP contribution in [-0.4, -0.2) is 15.8 Å². The lowest BCUT2D eigenvalue weighted by atomic mass is 9.95. The number of para-hydroxylation sites is 1. The summed E-state index contributed by atoms with van der Waals surface area (Å²) in [5.41, 5.74) is 2.79. The van der Waals surface area contributed by atoms with Crippen molar-refractivity contribution in [1.29, 1.82) is 0 Å². The van der Waals surface area contributed by atoms with Gasteiger partial charge >= 0.3 is 0 Å². The fourth-order valence-corrected chi connectivity index (χ4v) is 3.94. The van der Waals surface area contributed by atoms with Crippen molar-refractivity contribution < 1.29 is 4.79 Å². The van der Waals surface area contributed by atoms with Gasteiger partial charge in [-0.05, 0) is 18.9 Å². The molecule has 0 saturated heterocycles. The Kier molecular flexibility index (Phi) is 4.91. The molecule has 3 aromatic rings. The summed E-state index contributed by atoms with van der Waals surface area (Å²) >= 11 is 1.47. The van der Waals surface area contributed by atoms with Crippen LogP contribution >= 0.6 is 11.3 Å². The summed E-state index contributed by atoms with van der Waals surface area (Å²) < 4.78 is 0. The molecule has 0 spiro atoms. The molecule has 0 amide bonds. The van der Waals surface area contributed by atoms with Gasteiger partial charge in [0.2, 0.25) is 5.78 Å². The Labute approximate surface area is 140 Å². The van der Waals surface area contributed by atoms with E-state index in [0.29, 0.717) is 16.5 Å². The number of thiazole rings is 1. The summed E-state index contributed by atoms with van der Waals surface area (Å²) in [4.78, 5) is 20.6. The fourth-order valence-electron chi connectivity index (χ4n) is 3.09. The zero-order valence-electron chi connectivity index (χ0n) is 13.6. The van der Waals surface area contributed by atoms with E-state index in [2.05, 4.69) is 29.2 Å². The Hall–Kier alpha value is -1.94.